The van der Waals surface area contributed by atoms with Crippen molar-refractivity contribution in [1.29, 1.82) is 0 Å². The van der Waals surface area contributed by atoms with Gasteiger partial charge in [-0.15, -0.1) is 23.1 Å². The summed E-state index contributed by atoms with van der Waals surface area (Å²) in [6, 6.07) is 4.01. The number of primary amides is 1. The molecule has 1 aliphatic heterocycles. The van der Waals surface area contributed by atoms with E-state index >= 15 is 0 Å². The molecule has 0 unspecified atom stereocenters. The molecule has 0 spiro atoms. The van der Waals surface area contributed by atoms with E-state index in [-0.39, 0.29) is 17.1 Å². The highest BCUT2D eigenvalue weighted by molar-refractivity contribution is 7.99. The minimum Gasteiger partial charge on any atom is -0.368 e. The number of halogens is 3. The zero-order chi connectivity index (χ0) is 19.1. The van der Waals surface area contributed by atoms with Gasteiger partial charge in [0.05, 0.1) is 21.3 Å². The maximum Gasteiger partial charge on any atom is 0.416 e. The van der Waals surface area contributed by atoms with Gasteiger partial charge < -0.3 is 10.6 Å². The average molecular weight is 401 g/mol. The van der Waals surface area contributed by atoms with E-state index in [4.69, 9.17) is 5.73 Å². The largest absolute Gasteiger partial charge is 0.416 e. The van der Waals surface area contributed by atoms with E-state index < -0.39 is 29.6 Å². The standard InChI is InChI=1S/C16H14F3N3O2S2/c1-8-21-12(15(24)22-7-25-6-11(22)14(20)23)13(26-8)9-3-2-4-10(5-9)16(17,18)19/h2-5,11H,6-7H2,1H3,(H2,20,23)/t11-/m0/s1. The number of benzene rings is 1. The van der Waals surface area contributed by atoms with Gasteiger partial charge in [0, 0.05) is 5.75 Å². The van der Waals surface area contributed by atoms with Crippen molar-refractivity contribution in [3.8, 4) is 10.4 Å². The van der Waals surface area contributed by atoms with Gasteiger partial charge in [0.1, 0.15) is 11.7 Å². The van der Waals surface area contributed by atoms with Gasteiger partial charge in [-0.3, -0.25) is 9.59 Å². The summed E-state index contributed by atoms with van der Waals surface area (Å²) in [6.45, 7) is 1.67. The van der Waals surface area contributed by atoms with E-state index in [1.54, 1.807) is 6.92 Å². The van der Waals surface area contributed by atoms with Crippen LogP contribution in [0.1, 0.15) is 21.1 Å². The van der Waals surface area contributed by atoms with Crippen molar-refractivity contribution in [2.24, 2.45) is 5.73 Å². The fraction of sp³-hybridized carbons (Fsp3) is 0.312. The van der Waals surface area contributed by atoms with Crippen LogP contribution in [0.15, 0.2) is 24.3 Å². The minimum absolute atomic E-state index is 0.0422. The summed E-state index contributed by atoms with van der Waals surface area (Å²) >= 11 is 2.52. The monoisotopic (exact) mass is 401 g/mol. The molecule has 26 heavy (non-hydrogen) atoms. The molecule has 0 bridgehead atoms. The van der Waals surface area contributed by atoms with Crippen LogP contribution in [0.4, 0.5) is 13.2 Å². The van der Waals surface area contributed by atoms with Gasteiger partial charge in [-0.05, 0) is 24.6 Å². The molecule has 0 radical (unpaired) electrons. The minimum atomic E-state index is -4.48. The topological polar surface area (TPSA) is 76.3 Å². The fourth-order valence-electron chi connectivity index (χ4n) is 2.62. The first-order valence-corrected chi connectivity index (χ1v) is 9.48. The molecule has 10 heteroatoms. The van der Waals surface area contributed by atoms with E-state index in [2.05, 4.69) is 4.98 Å². The summed E-state index contributed by atoms with van der Waals surface area (Å²) in [4.78, 5) is 30.3. The molecule has 0 saturated carbocycles. The molecule has 2 heterocycles. The van der Waals surface area contributed by atoms with Crippen LogP contribution in [0.5, 0.6) is 0 Å². The number of amides is 2. The molecule has 1 aromatic carbocycles. The maximum absolute atomic E-state index is 13.0. The summed E-state index contributed by atoms with van der Waals surface area (Å²) in [5, 5.41) is 0.545. The Morgan fingerprint density at radius 2 is 2.08 bits per heavy atom. The third-order valence-corrected chi connectivity index (χ3v) is 5.89. The van der Waals surface area contributed by atoms with Gasteiger partial charge >= 0.3 is 6.18 Å². The van der Waals surface area contributed by atoms with Crippen LogP contribution in [0.2, 0.25) is 0 Å². The lowest BCUT2D eigenvalue weighted by Crippen LogP contribution is -2.45. The first kappa shape index (κ1) is 18.7. The number of alkyl halides is 3. The Morgan fingerprint density at radius 3 is 2.73 bits per heavy atom. The molecule has 1 saturated heterocycles. The summed E-state index contributed by atoms with van der Waals surface area (Å²) in [5.41, 5.74) is 4.84. The highest BCUT2D eigenvalue weighted by atomic mass is 32.2. The molecule has 1 fully saturated rings. The Balaban J connectivity index is 2.02. The number of hydrogen-bond donors (Lipinski definition) is 1. The predicted molar refractivity (Wildman–Crippen MR) is 93.8 cm³/mol. The molecular formula is C16H14F3N3O2S2. The predicted octanol–water partition coefficient (Wildman–Crippen LogP) is 3.14. The number of carbonyl (C=O) groups excluding carboxylic acids is 2. The lowest BCUT2D eigenvalue weighted by atomic mass is 10.1. The van der Waals surface area contributed by atoms with Crippen molar-refractivity contribution >= 4 is 34.9 Å². The number of thiazole rings is 1. The van der Waals surface area contributed by atoms with Gasteiger partial charge in [-0.1, -0.05) is 12.1 Å². The number of nitrogens with two attached hydrogens (primary N) is 1. The zero-order valence-electron chi connectivity index (χ0n) is 13.5. The van der Waals surface area contributed by atoms with E-state index in [1.165, 1.54) is 28.8 Å². The number of rotatable bonds is 3. The lowest BCUT2D eigenvalue weighted by molar-refractivity contribution is -0.137. The first-order chi connectivity index (χ1) is 12.2. The van der Waals surface area contributed by atoms with Crippen LogP contribution in [0.3, 0.4) is 0 Å². The Bertz CT molecular complexity index is 867. The van der Waals surface area contributed by atoms with Crippen molar-refractivity contribution in [2.45, 2.75) is 19.1 Å². The highest BCUT2D eigenvalue weighted by Gasteiger charge is 2.36. The molecule has 1 aliphatic rings. The third-order valence-electron chi connectivity index (χ3n) is 3.86. The molecule has 5 nitrogen and oxygen atoms in total. The summed E-state index contributed by atoms with van der Waals surface area (Å²) in [5.74, 6) is -0.444. The van der Waals surface area contributed by atoms with Gasteiger partial charge in [0.15, 0.2) is 0 Å². The fourth-order valence-corrected chi connectivity index (χ4v) is 4.69. The molecule has 1 atom stereocenters. The van der Waals surface area contributed by atoms with Crippen molar-refractivity contribution in [1.82, 2.24) is 9.88 Å². The number of aryl methyl sites for hydroxylation is 1. The van der Waals surface area contributed by atoms with Crippen LogP contribution in [-0.2, 0) is 11.0 Å². The molecule has 2 N–H and O–H groups in total. The zero-order valence-corrected chi connectivity index (χ0v) is 15.2. The quantitative estimate of drug-likeness (QED) is 0.857. The second kappa shape index (κ2) is 6.92. The molecule has 138 valence electrons. The van der Waals surface area contributed by atoms with Crippen molar-refractivity contribution in [3.05, 3.63) is 40.5 Å². The van der Waals surface area contributed by atoms with Crippen LogP contribution in [0, 0.1) is 6.92 Å². The van der Waals surface area contributed by atoms with E-state index in [0.717, 1.165) is 23.5 Å². The molecule has 2 aromatic rings. The van der Waals surface area contributed by atoms with Crippen LogP contribution >= 0.6 is 23.1 Å². The number of hydrogen-bond acceptors (Lipinski definition) is 5. The van der Waals surface area contributed by atoms with E-state index in [9.17, 15) is 22.8 Å². The van der Waals surface area contributed by atoms with Gasteiger partial charge in [0.25, 0.3) is 5.91 Å². The number of carbonyl (C=O) groups is 2. The lowest BCUT2D eigenvalue weighted by Gasteiger charge is -2.20. The van der Waals surface area contributed by atoms with Gasteiger partial charge in [-0.25, -0.2) is 4.98 Å². The van der Waals surface area contributed by atoms with Crippen molar-refractivity contribution < 1.29 is 22.8 Å². The maximum atomic E-state index is 13.0. The second-order valence-electron chi connectivity index (χ2n) is 5.68. The molecule has 3 rings (SSSR count). The van der Waals surface area contributed by atoms with E-state index in [1.807, 2.05) is 0 Å². The SMILES string of the molecule is Cc1nc(C(=O)N2CSC[C@H]2C(N)=O)c(-c2cccc(C(F)(F)F)c2)s1. The Labute approximate surface area is 155 Å². The average Bonchev–Trinajstić information content (AvgIpc) is 3.20. The molecular weight excluding hydrogens is 387 g/mol. The van der Waals surface area contributed by atoms with Crippen LogP contribution < -0.4 is 5.73 Å². The second-order valence-corrected chi connectivity index (χ2v) is 7.89. The highest BCUT2D eigenvalue weighted by Crippen LogP contribution is 2.36. The van der Waals surface area contributed by atoms with Crippen LogP contribution in [0.25, 0.3) is 10.4 Å². The normalized spacial score (nSPS) is 17.5. The number of thioether (sulfide) groups is 1. The third kappa shape index (κ3) is 3.56. The van der Waals surface area contributed by atoms with Crippen molar-refractivity contribution in [2.75, 3.05) is 11.6 Å². The van der Waals surface area contributed by atoms with E-state index in [0.29, 0.717) is 15.6 Å². The molecule has 0 aliphatic carbocycles. The van der Waals surface area contributed by atoms with Gasteiger partial charge in [-0.2, -0.15) is 13.2 Å². The summed E-state index contributed by atoms with van der Waals surface area (Å²) in [7, 11) is 0. The first-order valence-electron chi connectivity index (χ1n) is 7.51. The Kier molecular flexibility index (Phi) is 4.98. The number of aromatic nitrogens is 1. The smallest absolute Gasteiger partial charge is 0.368 e. The summed E-state index contributed by atoms with van der Waals surface area (Å²) < 4.78 is 39.0. The van der Waals surface area contributed by atoms with Crippen LogP contribution in [-0.4, -0.2) is 39.4 Å². The number of nitrogens with zero attached hydrogens (tertiary/aromatic N) is 2. The Hall–Kier alpha value is -2.07. The molecule has 2 amide bonds. The van der Waals surface area contributed by atoms with Crippen molar-refractivity contribution in [3.63, 3.8) is 0 Å². The molecule has 1 aromatic heterocycles. The Morgan fingerprint density at radius 1 is 1.35 bits per heavy atom. The van der Waals surface area contributed by atoms with Gasteiger partial charge in [0.2, 0.25) is 5.91 Å². The summed E-state index contributed by atoms with van der Waals surface area (Å²) in [6.07, 6.45) is -4.48.